The molecule has 3 amide bonds. The second-order valence-corrected chi connectivity index (χ2v) is 19.2. The number of phenolic OH excluding ortho intramolecular Hbond substituents is 1. The summed E-state index contributed by atoms with van der Waals surface area (Å²) in [4.78, 5) is 64.2. The molecule has 2 aliphatic heterocycles. The maximum atomic E-state index is 14.7. The molecule has 13 nitrogen and oxygen atoms in total. The fourth-order valence-electron chi connectivity index (χ4n) is 7.92. The van der Waals surface area contributed by atoms with E-state index in [0.717, 1.165) is 24.1 Å². The highest BCUT2D eigenvalue weighted by atomic mass is 32.2. The van der Waals surface area contributed by atoms with Crippen molar-refractivity contribution in [2.45, 2.75) is 121 Å². The number of Topliss-reactive ketones (excluding diaryl/α,β-unsaturated/α-hetero) is 1. The molecule has 4 heterocycles. The van der Waals surface area contributed by atoms with E-state index >= 15 is 0 Å². The topological polar surface area (TPSA) is 181 Å². The lowest BCUT2D eigenvalue weighted by molar-refractivity contribution is -0.140. The maximum absolute atomic E-state index is 14.7. The van der Waals surface area contributed by atoms with Gasteiger partial charge in [0, 0.05) is 34.7 Å². The van der Waals surface area contributed by atoms with Crippen LogP contribution in [0.3, 0.4) is 0 Å². The zero-order chi connectivity index (χ0) is 39.9. The van der Waals surface area contributed by atoms with E-state index in [9.17, 15) is 32.7 Å². The first kappa shape index (κ1) is 39.7. The van der Waals surface area contributed by atoms with Crippen LogP contribution in [0.4, 0.5) is 0 Å². The number of pyridine rings is 1. The van der Waals surface area contributed by atoms with Crippen LogP contribution < -0.4 is 19.5 Å². The highest BCUT2D eigenvalue weighted by molar-refractivity contribution is 7.90. The number of hydrogen-bond acceptors (Lipinski definition) is 11. The Kier molecular flexibility index (Phi) is 11.2. The number of aromatic hydroxyl groups is 1. The summed E-state index contributed by atoms with van der Waals surface area (Å²) in [6.45, 7) is 7.39. The predicted octanol–water partition coefficient (Wildman–Crippen LogP) is 5.65. The third-order valence-electron chi connectivity index (χ3n) is 11.3. The SMILES string of the molecule is Cc1ccc(C(=O)N[C@H]2CCCCC/C=C\[C@H]3C[C@@]3(C(=O)NS(=O)(=O)C3CC3)CC(=O)[C@@H]3C[C@@H](Oc4cc(OC(C)C)nc5c(C)c(O)ccc45)CN3C2=O)s1. The standard InChI is InChI=1S/C41H50N4O9S2/c1-23(2)53-36-19-34(29-15-16-32(46)25(4)37(29)43-36)54-27-18-31-33(47)21-41(40(50)44-56(51,52)28-13-14-28)20-26(41)10-8-6-5-7-9-11-30(39(49)45(31)22-27)42-38(48)35-17-12-24(3)55-35/h8,10,12,15-17,19,23,26-28,30-31,46H,5-7,9,11,13-14,18,20-22H2,1-4H3,(H,42,48)(H,44,50)/b10-8-/t26-,27+,30-,31-,41+/m0/s1. The number of amides is 3. The van der Waals surface area contributed by atoms with Gasteiger partial charge in [0.05, 0.1) is 39.7 Å². The summed E-state index contributed by atoms with van der Waals surface area (Å²) in [5.74, 6) is -1.44. The van der Waals surface area contributed by atoms with E-state index in [1.54, 1.807) is 31.2 Å². The lowest BCUT2D eigenvalue weighted by Crippen LogP contribution is -2.52. The van der Waals surface area contributed by atoms with Gasteiger partial charge in [0.2, 0.25) is 27.7 Å². The number of nitrogens with zero attached hydrogens (tertiary/aromatic N) is 2. The summed E-state index contributed by atoms with van der Waals surface area (Å²) in [7, 11) is -3.87. The van der Waals surface area contributed by atoms with Crippen molar-refractivity contribution in [2.24, 2.45) is 11.3 Å². The van der Waals surface area contributed by atoms with E-state index in [2.05, 4.69) is 15.0 Å². The fourth-order valence-corrected chi connectivity index (χ4v) is 10.1. The first-order valence-corrected chi connectivity index (χ1v) is 21.9. The van der Waals surface area contributed by atoms with Crippen LogP contribution in [0.25, 0.3) is 10.9 Å². The normalized spacial score (nSPS) is 26.5. The first-order valence-electron chi connectivity index (χ1n) is 19.5. The van der Waals surface area contributed by atoms with Crippen molar-refractivity contribution in [1.82, 2.24) is 19.9 Å². The van der Waals surface area contributed by atoms with E-state index < -0.39 is 50.7 Å². The molecule has 1 saturated heterocycles. The molecular weight excluding hydrogens is 757 g/mol. The average Bonchev–Trinajstić information content (AvgIpc) is 4.03. The number of phenols is 1. The Hall–Kier alpha value is -4.50. The molecule has 0 bridgehead atoms. The van der Waals surface area contributed by atoms with E-state index in [1.165, 1.54) is 16.2 Å². The lowest BCUT2D eigenvalue weighted by atomic mass is 9.91. The minimum absolute atomic E-state index is 0.0135. The zero-order valence-electron chi connectivity index (χ0n) is 32.2. The molecule has 3 aromatic rings. The molecular formula is C41H50N4O9S2. The molecule has 2 aromatic heterocycles. The molecule has 7 rings (SSSR count). The van der Waals surface area contributed by atoms with Crippen LogP contribution >= 0.6 is 11.3 Å². The van der Waals surface area contributed by atoms with Gasteiger partial charge in [-0.05, 0) is 96.4 Å². The number of nitrogens with one attached hydrogen (secondary N) is 2. The van der Waals surface area contributed by atoms with Gasteiger partial charge in [-0.15, -0.1) is 11.3 Å². The van der Waals surface area contributed by atoms with Crippen LogP contribution in [0.15, 0.2) is 42.5 Å². The van der Waals surface area contributed by atoms with Crippen molar-refractivity contribution >= 4 is 55.8 Å². The third-order valence-corrected chi connectivity index (χ3v) is 14.1. The number of benzene rings is 1. The number of aryl methyl sites for hydroxylation is 2. The lowest BCUT2D eigenvalue weighted by Gasteiger charge is -2.29. The highest BCUT2D eigenvalue weighted by Crippen LogP contribution is 2.57. The van der Waals surface area contributed by atoms with Crippen LogP contribution in [-0.4, -0.2) is 83.0 Å². The zero-order valence-corrected chi connectivity index (χ0v) is 33.8. The second-order valence-electron chi connectivity index (χ2n) is 16.0. The molecule has 56 heavy (non-hydrogen) atoms. The molecule has 0 spiro atoms. The van der Waals surface area contributed by atoms with Gasteiger partial charge in [-0.1, -0.05) is 25.0 Å². The Bertz CT molecular complexity index is 2180. The van der Waals surface area contributed by atoms with Crippen LogP contribution in [-0.2, 0) is 24.4 Å². The van der Waals surface area contributed by atoms with Gasteiger partial charge in [-0.25, -0.2) is 13.4 Å². The molecule has 0 radical (unpaired) electrons. The summed E-state index contributed by atoms with van der Waals surface area (Å²) in [6, 6.07) is 6.54. The number of rotatable bonds is 9. The summed E-state index contributed by atoms with van der Waals surface area (Å²) in [5.41, 5.74) is -0.254. The van der Waals surface area contributed by atoms with Crippen molar-refractivity contribution in [3.63, 3.8) is 0 Å². The van der Waals surface area contributed by atoms with Gasteiger partial charge in [0.15, 0.2) is 5.78 Å². The minimum Gasteiger partial charge on any atom is -0.508 e. The molecule has 300 valence electrons. The predicted molar refractivity (Wildman–Crippen MR) is 211 cm³/mol. The third kappa shape index (κ3) is 8.43. The van der Waals surface area contributed by atoms with Crippen LogP contribution in [0.1, 0.15) is 98.2 Å². The fraction of sp³-hybridized carbons (Fsp3) is 0.537. The number of aromatic nitrogens is 1. The second kappa shape index (κ2) is 15.8. The van der Waals surface area contributed by atoms with Crippen LogP contribution in [0.2, 0.25) is 0 Å². The maximum Gasteiger partial charge on any atom is 0.262 e. The molecule has 3 N–H and O–H groups in total. The number of carbonyl (C=O) groups is 4. The molecule has 2 saturated carbocycles. The van der Waals surface area contributed by atoms with Crippen molar-refractivity contribution in [1.29, 1.82) is 0 Å². The monoisotopic (exact) mass is 806 g/mol. The molecule has 2 aliphatic carbocycles. The number of fused-ring (bicyclic) bond motifs is 3. The van der Waals surface area contributed by atoms with E-state index in [1.807, 2.05) is 39.0 Å². The minimum atomic E-state index is -3.87. The van der Waals surface area contributed by atoms with E-state index in [4.69, 9.17) is 9.47 Å². The van der Waals surface area contributed by atoms with E-state index in [-0.39, 0.29) is 54.7 Å². The Balaban J connectivity index is 1.23. The highest BCUT2D eigenvalue weighted by Gasteiger charge is 2.61. The Labute approximate surface area is 331 Å². The molecule has 15 heteroatoms. The van der Waals surface area contributed by atoms with Crippen molar-refractivity contribution in [2.75, 3.05) is 6.54 Å². The van der Waals surface area contributed by atoms with Gasteiger partial charge in [-0.3, -0.25) is 23.9 Å². The van der Waals surface area contributed by atoms with Crippen molar-refractivity contribution in [3.05, 3.63) is 57.8 Å². The number of carbonyl (C=O) groups excluding carboxylic acids is 4. The van der Waals surface area contributed by atoms with Gasteiger partial charge in [0.1, 0.15) is 23.6 Å². The van der Waals surface area contributed by atoms with E-state index in [0.29, 0.717) is 59.2 Å². The average molecular weight is 807 g/mol. The summed E-state index contributed by atoms with van der Waals surface area (Å²) < 4.78 is 40.7. The number of ketones is 1. The number of hydrogen-bond donors (Lipinski definition) is 3. The Morgan fingerprint density at radius 2 is 1.86 bits per heavy atom. The largest absolute Gasteiger partial charge is 0.508 e. The molecule has 1 aromatic carbocycles. The molecule has 4 aliphatic rings. The molecule has 5 atom stereocenters. The van der Waals surface area contributed by atoms with Crippen LogP contribution in [0.5, 0.6) is 17.4 Å². The number of sulfonamides is 1. The Morgan fingerprint density at radius 3 is 2.57 bits per heavy atom. The number of ether oxygens (including phenoxy) is 2. The molecule has 0 unspecified atom stereocenters. The quantitative estimate of drug-likeness (QED) is 0.229. The number of allylic oxidation sites excluding steroid dienone is 2. The van der Waals surface area contributed by atoms with Gasteiger partial charge in [0.25, 0.3) is 5.91 Å². The van der Waals surface area contributed by atoms with Crippen molar-refractivity contribution in [3.8, 4) is 17.4 Å². The van der Waals surface area contributed by atoms with Crippen LogP contribution in [0, 0.1) is 25.2 Å². The molecule has 3 fully saturated rings. The number of thiophene rings is 1. The van der Waals surface area contributed by atoms with Gasteiger partial charge < -0.3 is 24.8 Å². The van der Waals surface area contributed by atoms with Gasteiger partial charge in [-0.2, -0.15) is 0 Å². The summed E-state index contributed by atoms with van der Waals surface area (Å²) >= 11 is 1.33. The summed E-state index contributed by atoms with van der Waals surface area (Å²) in [5, 5.41) is 13.5. The first-order chi connectivity index (χ1) is 26.6. The van der Waals surface area contributed by atoms with Crippen molar-refractivity contribution < 1.29 is 42.2 Å². The van der Waals surface area contributed by atoms with Gasteiger partial charge >= 0.3 is 0 Å². The smallest absolute Gasteiger partial charge is 0.262 e. The summed E-state index contributed by atoms with van der Waals surface area (Å²) in [6.07, 6.45) is 7.49. The Morgan fingerprint density at radius 1 is 1.07 bits per heavy atom.